The number of alkyl halides is 3. The highest BCUT2D eigenvalue weighted by Gasteiger charge is 2.28. The Hall–Kier alpha value is -3.53. The summed E-state index contributed by atoms with van der Waals surface area (Å²) in [5.41, 5.74) is 6.43. The number of fused-ring (bicyclic) bond motifs is 2. The number of nitrogens with two attached hydrogens (primary N) is 1. The van der Waals surface area contributed by atoms with Gasteiger partial charge < -0.3 is 30.5 Å². The van der Waals surface area contributed by atoms with E-state index < -0.39 is 24.7 Å². The second-order valence-corrected chi connectivity index (χ2v) is 9.56. The number of aromatic nitrogens is 6. The zero-order valence-corrected chi connectivity index (χ0v) is 21.1. The minimum absolute atomic E-state index is 0.177. The molecule has 0 amide bonds. The summed E-state index contributed by atoms with van der Waals surface area (Å²) in [6, 6.07) is 4.87. The predicted molar refractivity (Wildman–Crippen MR) is 134 cm³/mol. The van der Waals surface area contributed by atoms with Crippen molar-refractivity contribution >= 4 is 28.4 Å². The van der Waals surface area contributed by atoms with Crippen LogP contribution >= 0.6 is 0 Å². The van der Waals surface area contributed by atoms with Gasteiger partial charge >= 0.3 is 6.10 Å². The smallest absolute Gasteiger partial charge is 0.366 e. The summed E-state index contributed by atoms with van der Waals surface area (Å²) in [7, 11) is 1.97. The standard InChI is InChI=1S/C16H16F2N8O3.C7H14FN/c1-7-20-10-3-2-9(21-14(10)25(7)6-11(17)18)8-4-5-26-12(8)13(22-15(19)24-26)23-16(27,28)29;1-7(8)4-3-5-9(2)6-7/h2-5,11,27-29H,6H2,1H3,(H3,19,22,23,24);3-6H2,1-2H3. The number of hydrogen-bond donors (Lipinski definition) is 5. The number of halogens is 3. The number of aliphatic hydroxyl groups is 3. The van der Waals surface area contributed by atoms with Gasteiger partial charge in [0, 0.05) is 18.3 Å². The van der Waals surface area contributed by atoms with Crippen molar-refractivity contribution in [2.24, 2.45) is 0 Å². The minimum Gasteiger partial charge on any atom is -0.366 e. The van der Waals surface area contributed by atoms with Gasteiger partial charge in [-0.05, 0) is 58.5 Å². The van der Waals surface area contributed by atoms with Crippen molar-refractivity contribution in [3.05, 3.63) is 30.2 Å². The lowest BCUT2D eigenvalue weighted by Crippen LogP contribution is -2.40. The maximum atomic E-state index is 13.1. The molecule has 0 spiro atoms. The SMILES string of the molecule is CN1CCCC(C)(F)C1.Cc1nc2ccc(-c3ccn4nc(N)nc(NC(O)(O)O)c34)nc2n1CC(F)F. The molecule has 4 aromatic heterocycles. The third kappa shape index (κ3) is 6.30. The average Bonchev–Trinajstić information content (AvgIpc) is 3.32. The van der Waals surface area contributed by atoms with E-state index in [1.165, 1.54) is 15.3 Å². The van der Waals surface area contributed by atoms with E-state index in [1.54, 1.807) is 32.0 Å². The van der Waals surface area contributed by atoms with E-state index in [-0.39, 0.29) is 22.9 Å². The van der Waals surface area contributed by atoms with Gasteiger partial charge in [-0.2, -0.15) is 4.98 Å². The third-order valence-corrected chi connectivity index (χ3v) is 6.03. The zero-order valence-electron chi connectivity index (χ0n) is 21.1. The molecule has 0 radical (unpaired) electrons. The molecule has 12 nitrogen and oxygen atoms in total. The summed E-state index contributed by atoms with van der Waals surface area (Å²) in [6.45, 7) is 4.40. The highest BCUT2D eigenvalue weighted by atomic mass is 19.3. The maximum Gasteiger partial charge on any atom is 0.368 e. The second-order valence-electron chi connectivity index (χ2n) is 9.56. The first-order valence-corrected chi connectivity index (χ1v) is 11.8. The molecule has 4 aromatic rings. The van der Waals surface area contributed by atoms with Crippen LogP contribution in [0.15, 0.2) is 24.4 Å². The Morgan fingerprint density at radius 2 is 1.92 bits per heavy atom. The molecule has 0 aromatic carbocycles. The summed E-state index contributed by atoms with van der Waals surface area (Å²) in [5, 5.41) is 33.8. The number of pyridine rings is 1. The van der Waals surface area contributed by atoms with Gasteiger partial charge in [-0.15, -0.1) is 5.10 Å². The number of nitrogen functional groups attached to an aromatic ring is 1. The Morgan fingerprint density at radius 1 is 1.18 bits per heavy atom. The Bertz CT molecular complexity index is 1430. The third-order valence-electron chi connectivity index (χ3n) is 6.03. The lowest BCUT2D eigenvalue weighted by atomic mass is 9.98. The summed E-state index contributed by atoms with van der Waals surface area (Å²) < 4.78 is 41.6. The normalized spacial score (nSPS) is 18.7. The topological polar surface area (TPSA) is 163 Å². The molecular formula is C23H30F3N9O3. The van der Waals surface area contributed by atoms with Gasteiger partial charge in [-0.25, -0.2) is 27.7 Å². The lowest BCUT2D eigenvalue weighted by molar-refractivity contribution is -0.289. The molecule has 206 valence electrons. The van der Waals surface area contributed by atoms with Gasteiger partial charge in [0.25, 0.3) is 6.43 Å². The molecule has 15 heteroatoms. The van der Waals surface area contributed by atoms with Crippen LogP contribution in [0, 0.1) is 6.92 Å². The summed E-state index contributed by atoms with van der Waals surface area (Å²) in [4.78, 5) is 14.6. The van der Waals surface area contributed by atoms with Crippen LogP contribution < -0.4 is 11.1 Å². The van der Waals surface area contributed by atoms with Crippen LogP contribution in [-0.4, -0.2) is 87.7 Å². The predicted octanol–water partition coefficient (Wildman–Crippen LogP) is 1.74. The van der Waals surface area contributed by atoms with Crippen molar-refractivity contribution in [1.82, 2.24) is 34.0 Å². The fraction of sp³-hybridized carbons (Fsp3) is 0.478. The number of anilines is 2. The number of rotatable bonds is 5. The first-order valence-electron chi connectivity index (χ1n) is 11.8. The van der Waals surface area contributed by atoms with Gasteiger partial charge in [0.15, 0.2) is 11.5 Å². The summed E-state index contributed by atoms with van der Waals surface area (Å²) >= 11 is 0. The number of aryl methyl sites for hydroxylation is 1. The number of piperidine rings is 1. The summed E-state index contributed by atoms with van der Waals surface area (Å²) in [6.07, 6.45) is -2.57. The quantitative estimate of drug-likeness (QED) is 0.237. The molecule has 0 aliphatic carbocycles. The van der Waals surface area contributed by atoms with Crippen molar-refractivity contribution in [1.29, 1.82) is 0 Å². The number of hydrogen-bond acceptors (Lipinski definition) is 10. The molecule has 1 saturated heterocycles. The summed E-state index contributed by atoms with van der Waals surface area (Å²) in [5.74, 6) is 0.0281. The van der Waals surface area contributed by atoms with E-state index >= 15 is 0 Å². The van der Waals surface area contributed by atoms with E-state index in [2.05, 4.69) is 20.1 Å². The van der Waals surface area contributed by atoms with Crippen LogP contribution in [0.5, 0.6) is 0 Å². The highest BCUT2D eigenvalue weighted by Crippen LogP contribution is 2.31. The highest BCUT2D eigenvalue weighted by molar-refractivity contribution is 5.89. The molecule has 38 heavy (non-hydrogen) atoms. The van der Waals surface area contributed by atoms with Gasteiger partial charge in [0.1, 0.15) is 22.5 Å². The van der Waals surface area contributed by atoms with Crippen LogP contribution in [0.1, 0.15) is 25.6 Å². The zero-order chi connectivity index (χ0) is 27.8. The number of imidazole rings is 1. The number of nitrogens with one attached hydrogen (secondary N) is 1. The Kier molecular flexibility index (Phi) is 7.47. The van der Waals surface area contributed by atoms with Crippen molar-refractivity contribution in [2.45, 2.75) is 51.4 Å². The van der Waals surface area contributed by atoms with Crippen LogP contribution in [0.25, 0.3) is 27.9 Å². The molecule has 5 rings (SSSR count). The van der Waals surface area contributed by atoms with Gasteiger partial charge in [0.05, 0.1) is 12.2 Å². The molecule has 1 unspecified atom stereocenters. The number of likely N-dealkylation sites (tertiary alicyclic amines) is 1. The molecule has 5 heterocycles. The van der Waals surface area contributed by atoms with Crippen LogP contribution in [0.4, 0.5) is 24.9 Å². The molecule has 1 atom stereocenters. The van der Waals surface area contributed by atoms with E-state index in [4.69, 9.17) is 5.73 Å². The van der Waals surface area contributed by atoms with Crippen LogP contribution in [0.2, 0.25) is 0 Å². The molecule has 6 N–H and O–H groups in total. The second kappa shape index (κ2) is 10.3. The monoisotopic (exact) mass is 537 g/mol. The lowest BCUT2D eigenvalue weighted by Gasteiger charge is -2.32. The van der Waals surface area contributed by atoms with Gasteiger partial charge in [-0.1, -0.05) is 0 Å². The molecule has 1 aliphatic heterocycles. The largest absolute Gasteiger partial charge is 0.368 e. The molecule has 0 saturated carbocycles. The first kappa shape index (κ1) is 27.5. The van der Waals surface area contributed by atoms with E-state index in [0.29, 0.717) is 29.1 Å². The fourth-order valence-corrected chi connectivity index (χ4v) is 4.55. The Morgan fingerprint density at radius 3 is 2.53 bits per heavy atom. The van der Waals surface area contributed by atoms with E-state index in [9.17, 15) is 28.5 Å². The van der Waals surface area contributed by atoms with Crippen molar-refractivity contribution < 1.29 is 28.5 Å². The van der Waals surface area contributed by atoms with Crippen molar-refractivity contribution in [2.75, 3.05) is 31.2 Å². The molecular weight excluding hydrogens is 507 g/mol. The Balaban J connectivity index is 0.000000317. The van der Waals surface area contributed by atoms with Crippen LogP contribution in [-0.2, 0) is 6.54 Å². The molecule has 1 aliphatic rings. The van der Waals surface area contributed by atoms with Crippen molar-refractivity contribution in [3.8, 4) is 11.3 Å². The van der Waals surface area contributed by atoms with Gasteiger partial charge in [-0.3, -0.25) is 5.32 Å². The first-order chi connectivity index (χ1) is 17.7. The van der Waals surface area contributed by atoms with Gasteiger partial charge in [0.2, 0.25) is 5.95 Å². The molecule has 0 bridgehead atoms. The average molecular weight is 538 g/mol. The molecule has 1 fully saturated rings. The van der Waals surface area contributed by atoms with E-state index in [0.717, 1.165) is 19.4 Å². The number of nitrogens with zero attached hydrogens (tertiary/aromatic N) is 7. The maximum absolute atomic E-state index is 13.1. The fourth-order valence-electron chi connectivity index (χ4n) is 4.55. The Labute approximate surface area is 215 Å². The van der Waals surface area contributed by atoms with Crippen LogP contribution in [0.3, 0.4) is 0 Å². The minimum atomic E-state index is -3.26. The van der Waals surface area contributed by atoms with Crippen molar-refractivity contribution in [3.63, 3.8) is 0 Å². The van der Waals surface area contributed by atoms with E-state index in [1.807, 2.05) is 17.3 Å².